The summed E-state index contributed by atoms with van der Waals surface area (Å²) in [6.45, 7) is 0. The minimum Gasteiger partial charge on any atom is -0.263 e. The lowest BCUT2D eigenvalue weighted by Crippen LogP contribution is -1.89. The molecular formula is C9H4BrCl2N3. The van der Waals surface area contributed by atoms with Crippen LogP contribution < -0.4 is 0 Å². The van der Waals surface area contributed by atoms with E-state index < -0.39 is 0 Å². The highest BCUT2D eigenvalue weighted by Crippen LogP contribution is 2.23. The van der Waals surface area contributed by atoms with Crippen molar-refractivity contribution in [3.05, 3.63) is 39.4 Å². The second-order valence-corrected chi connectivity index (χ2v) is 4.38. The summed E-state index contributed by atoms with van der Waals surface area (Å²) in [5.74, 6) is 0. The molecule has 0 aliphatic heterocycles. The molecule has 0 aliphatic carbocycles. The molecule has 0 bridgehead atoms. The zero-order chi connectivity index (χ0) is 10.8. The van der Waals surface area contributed by atoms with E-state index in [1.807, 2.05) is 6.07 Å². The van der Waals surface area contributed by atoms with Crippen LogP contribution in [0, 0.1) is 0 Å². The van der Waals surface area contributed by atoms with E-state index >= 15 is 0 Å². The van der Waals surface area contributed by atoms with Crippen molar-refractivity contribution in [2.75, 3.05) is 0 Å². The first kappa shape index (κ1) is 10.8. The Morgan fingerprint density at radius 3 is 2.53 bits per heavy atom. The Morgan fingerprint density at radius 1 is 1.07 bits per heavy atom. The third kappa shape index (κ3) is 2.65. The molecule has 2 rings (SSSR count). The van der Waals surface area contributed by atoms with Gasteiger partial charge in [-0.2, -0.15) is 0 Å². The number of halogens is 3. The number of pyridine rings is 1. The maximum Gasteiger partial charge on any atom is 0.224 e. The van der Waals surface area contributed by atoms with Crippen molar-refractivity contribution in [3.8, 4) is 11.3 Å². The molecule has 0 aromatic carbocycles. The van der Waals surface area contributed by atoms with E-state index in [0.29, 0.717) is 10.8 Å². The SMILES string of the molecule is Clc1cc(-c2cncc(Br)c2)nc(Cl)n1. The third-order valence-corrected chi connectivity index (χ3v) is 2.46. The number of hydrogen-bond acceptors (Lipinski definition) is 3. The molecule has 2 aromatic rings. The van der Waals surface area contributed by atoms with Crippen molar-refractivity contribution in [2.24, 2.45) is 0 Å². The van der Waals surface area contributed by atoms with E-state index in [9.17, 15) is 0 Å². The first-order valence-corrected chi connectivity index (χ1v) is 5.51. The average molecular weight is 305 g/mol. The van der Waals surface area contributed by atoms with Gasteiger partial charge in [0, 0.05) is 28.5 Å². The van der Waals surface area contributed by atoms with Gasteiger partial charge in [0.2, 0.25) is 5.28 Å². The molecule has 2 heterocycles. The van der Waals surface area contributed by atoms with E-state index in [1.165, 1.54) is 0 Å². The standard InChI is InChI=1S/C9H4BrCl2N3/c10-6-1-5(3-13-4-6)7-2-8(11)15-9(12)14-7/h1-4H. The predicted octanol–water partition coefficient (Wildman–Crippen LogP) is 3.61. The summed E-state index contributed by atoms with van der Waals surface area (Å²) < 4.78 is 0.867. The smallest absolute Gasteiger partial charge is 0.224 e. The van der Waals surface area contributed by atoms with Crippen LogP contribution in [0.25, 0.3) is 11.3 Å². The van der Waals surface area contributed by atoms with Gasteiger partial charge in [-0.15, -0.1) is 0 Å². The zero-order valence-corrected chi connectivity index (χ0v) is 10.4. The van der Waals surface area contributed by atoms with Crippen LogP contribution in [-0.4, -0.2) is 15.0 Å². The first-order valence-electron chi connectivity index (χ1n) is 3.96. The monoisotopic (exact) mass is 303 g/mol. The molecule has 0 atom stereocenters. The predicted molar refractivity (Wildman–Crippen MR) is 63.0 cm³/mol. The second-order valence-electron chi connectivity index (χ2n) is 2.74. The van der Waals surface area contributed by atoms with Crippen LogP contribution in [0.15, 0.2) is 29.0 Å². The largest absolute Gasteiger partial charge is 0.263 e. The summed E-state index contributed by atoms with van der Waals surface area (Å²) in [5.41, 5.74) is 1.48. The van der Waals surface area contributed by atoms with Gasteiger partial charge < -0.3 is 0 Å². The van der Waals surface area contributed by atoms with Gasteiger partial charge in [0.05, 0.1) is 5.69 Å². The highest BCUT2D eigenvalue weighted by Gasteiger charge is 2.04. The van der Waals surface area contributed by atoms with Gasteiger partial charge in [0.15, 0.2) is 0 Å². The Hall–Kier alpha value is -0.710. The van der Waals surface area contributed by atoms with E-state index in [-0.39, 0.29) is 5.28 Å². The average Bonchev–Trinajstić information content (AvgIpc) is 2.16. The molecule has 0 N–H and O–H groups in total. The summed E-state index contributed by atoms with van der Waals surface area (Å²) in [4.78, 5) is 11.9. The van der Waals surface area contributed by atoms with Crippen molar-refractivity contribution in [3.63, 3.8) is 0 Å². The number of aromatic nitrogens is 3. The van der Waals surface area contributed by atoms with Crippen molar-refractivity contribution in [2.45, 2.75) is 0 Å². The lowest BCUT2D eigenvalue weighted by Gasteiger charge is -2.01. The fourth-order valence-electron chi connectivity index (χ4n) is 1.09. The molecule has 0 unspecified atom stereocenters. The minimum absolute atomic E-state index is 0.123. The van der Waals surface area contributed by atoms with Crippen LogP contribution in [0.4, 0.5) is 0 Å². The fourth-order valence-corrected chi connectivity index (χ4v) is 1.86. The molecule has 0 saturated heterocycles. The number of hydrogen-bond donors (Lipinski definition) is 0. The third-order valence-electron chi connectivity index (χ3n) is 1.67. The lowest BCUT2D eigenvalue weighted by atomic mass is 10.2. The normalized spacial score (nSPS) is 10.3. The van der Waals surface area contributed by atoms with Gasteiger partial charge in [0.1, 0.15) is 5.15 Å². The summed E-state index contributed by atoms with van der Waals surface area (Å²) in [6, 6.07) is 3.51. The molecule has 3 nitrogen and oxygen atoms in total. The van der Waals surface area contributed by atoms with Gasteiger partial charge >= 0.3 is 0 Å². The summed E-state index contributed by atoms with van der Waals surface area (Å²) >= 11 is 14.8. The van der Waals surface area contributed by atoms with Crippen LogP contribution in [0.3, 0.4) is 0 Å². The van der Waals surface area contributed by atoms with Crippen LogP contribution in [-0.2, 0) is 0 Å². The molecule has 0 spiro atoms. The van der Waals surface area contributed by atoms with Crippen molar-refractivity contribution in [1.29, 1.82) is 0 Å². The Bertz CT molecular complexity index is 484. The summed E-state index contributed by atoms with van der Waals surface area (Å²) in [5, 5.41) is 0.433. The highest BCUT2D eigenvalue weighted by molar-refractivity contribution is 9.10. The van der Waals surface area contributed by atoms with Crippen molar-refractivity contribution < 1.29 is 0 Å². The van der Waals surface area contributed by atoms with Crippen LogP contribution >= 0.6 is 39.1 Å². The molecule has 2 aromatic heterocycles. The number of rotatable bonds is 1. The number of nitrogens with zero attached hydrogens (tertiary/aromatic N) is 3. The van der Waals surface area contributed by atoms with Crippen molar-refractivity contribution in [1.82, 2.24) is 15.0 Å². The van der Waals surface area contributed by atoms with Crippen LogP contribution in [0.2, 0.25) is 10.4 Å². The molecule has 0 fully saturated rings. The van der Waals surface area contributed by atoms with E-state index in [2.05, 4.69) is 30.9 Å². The summed E-state index contributed by atoms with van der Waals surface area (Å²) in [6.07, 6.45) is 3.37. The van der Waals surface area contributed by atoms with Gasteiger partial charge in [-0.25, -0.2) is 9.97 Å². The second kappa shape index (κ2) is 4.43. The van der Waals surface area contributed by atoms with E-state index in [0.717, 1.165) is 10.0 Å². The zero-order valence-electron chi connectivity index (χ0n) is 7.28. The Labute approximate surface area is 105 Å². The van der Waals surface area contributed by atoms with Gasteiger partial charge in [-0.05, 0) is 33.6 Å². The van der Waals surface area contributed by atoms with Crippen LogP contribution in [0.1, 0.15) is 0 Å². The van der Waals surface area contributed by atoms with Gasteiger partial charge in [-0.1, -0.05) is 11.6 Å². The Morgan fingerprint density at radius 2 is 1.87 bits per heavy atom. The minimum atomic E-state index is 0.123. The molecule has 0 aliphatic rings. The van der Waals surface area contributed by atoms with Crippen molar-refractivity contribution >= 4 is 39.1 Å². The molecule has 0 amide bonds. The lowest BCUT2D eigenvalue weighted by molar-refractivity contribution is 1.16. The topological polar surface area (TPSA) is 38.7 Å². The Balaban J connectivity index is 2.54. The maximum absolute atomic E-state index is 5.77. The highest BCUT2D eigenvalue weighted by atomic mass is 79.9. The molecule has 0 saturated carbocycles. The van der Waals surface area contributed by atoms with E-state index in [4.69, 9.17) is 23.2 Å². The Kier molecular flexibility index (Phi) is 3.19. The molecular weight excluding hydrogens is 301 g/mol. The first-order chi connectivity index (χ1) is 7.15. The maximum atomic E-state index is 5.77. The summed E-state index contributed by atoms with van der Waals surface area (Å²) in [7, 11) is 0. The molecule has 0 radical (unpaired) electrons. The molecule has 15 heavy (non-hydrogen) atoms. The van der Waals surface area contributed by atoms with Crippen LogP contribution in [0.5, 0.6) is 0 Å². The van der Waals surface area contributed by atoms with Gasteiger partial charge in [-0.3, -0.25) is 4.98 Å². The fraction of sp³-hybridized carbons (Fsp3) is 0. The van der Waals surface area contributed by atoms with Gasteiger partial charge in [0.25, 0.3) is 0 Å². The quantitative estimate of drug-likeness (QED) is 0.597. The molecule has 6 heteroatoms. The molecule has 76 valence electrons. The van der Waals surface area contributed by atoms with E-state index in [1.54, 1.807) is 18.5 Å².